The lowest BCUT2D eigenvalue weighted by Gasteiger charge is -2.16. The highest BCUT2D eigenvalue weighted by molar-refractivity contribution is 6.31. The van der Waals surface area contributed by atoms with E-state index in [9.17, 15) is 14.4 Å². The Labute approximate surface area is 145 Å². The second-order valence-electron chi connectivity index (χ2n) is 5.71. The molecule has 0 aromatic heterocycles. The van der Waals surface area contributed by atoms with Gasteiger partial charge in [0.15, 0.2) is 0 Å². The van der Waals surface area contributed by atoms with Gasteiger partial charge in [-0.1, -0.05) is 17.7 Å². The van der Waals surface area contributed by atoms with Crippen molar-refractivity contribution < 1.29 is 19.5 Å². The van der Waals surface area contributed by atoms with E-state index < -0.39 is 11.9 Å². The first-order chi connectivity index (χ1) is 11.4. The first-order valence-corrected chi connectivity index (χ1v) is 8.07. The lowest BCUT2D eigenvalue weighted by Crippen LogP contribution is -2.40. The van der Waals surface area contributed by atoms with Crippen LogP contribution in [0.3, 0.4) is 0 Å². The number of amides is 3. The summed E-state index contributed by atoms with van der Waals surface area (Å²) in [5.74, 6) is -1.63. The molecule has 130 valence electrons. The Kier molecular flexibility index (Phi) is 6.03. The van der Waals surface area contributed by atoms with E-state index in [0.29, 0.717) is 23.7 Å². The summed E-state index contributed by atoms with van der Waals surface area (Å²) < 4.78 is 0. The largest absolute Gasteiger partial charge is 0.481 e. The number of carboxylic acid groups (broad SMARTS) is 1. The van der Waals surface area contributed by atoms with Crippen LogP contribution in [0.1, 0.15) is 18.4 Å². The maximum Gasteiger partial charge on any atom is 0.317 e. The van der Waals surface area contributed by atoms with Gasteiger partial charge < -0.3 is 20.6 Å². The fourth-order valence-corrected chi connectivity index (χ4v) is 2.67. The van der Waals surface area contributed by atoms with E-state index in [4.69, 9.17) is 16.7 Å². The molecule has 1 aromatic carbocycles. The van der Waals surface area contributed by atoms with Crippen LogP contribution in [0.25, 0.3) is 0 Å². The van der Waals surface area contributed by atoms with Crippen molar-refractivity contribution in [2.75, 3.05) is 25.0 Å². The third-order valence-electron chi connectivity index (χ3n) is 3.99. The molecule has 24 heavy (non-hydrogen) atoms. The molecule has 1 aromatic rings. The third kappa shape index (κ3) is 4.61. The summed E-state index contributed by atoms with van der Waals surface area (Å²) >= 11 is 5.99. The third-order valence-corrected chi connectivity index (χ3v) is 4.40. The minimum Gasteiger partial charge on any atom is -0.481 e. The second-order valence-corrected chi connectivity index (χ2v) is 6.12. The van der Waals surface area contributed by atoms with Gasteiger partial charge in [-0.15, -0.1) is 0 Å². The number of carboxylic acids is 1. The Morgan fingerprint density at radius 2 is 2.12 bits per heavy atom. The standard InChI is InChI=1S/C16H20ClN3O4/c1-10-12(17)3-2-4-13(10)19-14(21)5-7-18-16(24)20-8-6-11(9-20)15(22)23/h2-4,11H,5-9H2,1H3,(H,18,24)(H,19,21)(H,22,23). The van der Waals surface area contributed by atoms with Crippen LogP contribution >= 0.6 is 11.6 Å². The van der Waals surface area contributed by atoms with Crippen LogP contribution in [0.15, 0.2) is 18.2 Å². The number of carbonyl (C=O) groups is 3. The highest BCUT2D eigenvalue weighted by Crippen LogP contribution is 2.23. The SMILES string of the molecule is Cc1c(Cl)cccc1NC(=O)CCNC(=O)N1CCC(C(=O)O)C1. The molecule has 7 nitrogen and oxygen atoms in total. The van der Waals surface area contributed by atoms with E-state index in [1.165, 1.54) is 4.90 Å². The number of halogens is 1. The zero-order chi connectivity index (χ0) is 17.7. The molecule has 1 unspecified atom stereocenters. The first kappa shape index (κ1) is 18.1. The number of anilines is 1. The minimum absolute atomic E-state index is 0.119. The summed E-state index contributed by atoms with van der Waals surface area (Å²) in [6, 6.07) is 4.91. The molecule has 1 heterocycles. The Morgan fingerprint density at radius 3 is 2.79 bits per heavy atom. The maximum absolute atomic E-state index is 11.9. The van der Waals surface area contributed by atoms with Gasteiger partial charge in [-0.2, -0.15) is 0 Å². The fourth-order valence-electron chi connectivity index (χ4n) is 2.50. The lowest BCUT2D eigenvalue weighted by molar-refractivity contribution is -0.141. The van der Waals surface area contributed by atoms with Gasteiger partial charge in [0.2, 0.25) is 5.91 Å². The fraction of sp³-hybridized carbons (Fsp3) is 0.438. The number of aliphatic carboxylic acids is 1. The smallest absolute Gasteiger partial charge is 0.317 e. The average molecular weight is 354 g/mol. The van der Waals surface area contributed by atoms with Gasteiger partial charge >= 0.3 is 12.0 Å². The van der Waals surface area contributed by atoms with Crippen LogP contribution < -0.4 is 10.6 Å². The molecule has 3 amide bonds. The normalized spacial score (nSPS) is 16.8. The van der Waals surface area contributed by atoms with Gasteiger partial charge in [-0.3, -0.25) is 9.59 Å². The summed E-state index contributed by atoms with van der Waals surface area (Å²) in [6.45, 7) is 2.61. The van der Waals surface area contributed by atoms with Crippen molar-refractivity contribution in [3.8, 4) is 0 Å². The van der Waals surface area contributed by atoms with Crippen LogP contribution in [0.2, 0.25) is 5.02 Å². The highest BCUT2D eigenvalue weighted by atomic mass is 35.5. The molecule has 0 bridgehead atoms. The van der Waals surface area contributed by atoms with Crippen molar-refractivity contribution in [2.45, 2.75) is 19.8 Å². The molecule has 0 aliphatic carbocycles. The Bertz CT molecular complexity index is 650. The molecule has 1 aliphatic heterocycles. The first-order valence-electron chi connectivity index (χ1n) is 7.69. The maximum atomic E-state index is 11.9. The second kappa shape index (κ2) is 8.01. The van der Waals surface area contributed by atoms with E-state index in [-0.39, 0.29) is 31.4 Å². The molecular formula is C16H20ClN3O4. The molecule has 1 atom stereocenters. The zero-order valence-corrected chi connectivity index (χ0v) is 14.1. The molecule has 1 fully saturated rings. The number of nitrogens with zero attached hydrogens (tertiary/aromatic N) is 1. The van der Waals surface area contributed by atoms with Crippen LogP contribution in [0.4, 0.5) is 10.5 Å². The summed E-state index contributed by atoms with van der Waals surface area (Å²) in [7, 11) is 0. The van der Waals surface area contributed by atoms with Crippen LogP contribution in [0, 0.1) is 12.8 Å². The molecule has 2 rings (SSSR count). The summed E-state index contributed by atoms with van der Waals surface area (Å²) in [4.78, 5) is 36.2. The molecule has 0 spiro atoms. The molecule has 1 saturated heterocycles. The van der Waals surface area contributed by atoms with Gasteiger partial charge in [0.25, 0.3) is 0 Å². The Hall–Kier alpha value is -2.28. The molecule has 8 heteroatoms. The number of urea groups is 1. The number of carbonyl (C=O) groups excluding carboxylic acids is 2. The van der Waals surface area contributed by atoms with E-state index in [2.05, 4.69) is 10.6 Å². The van der Waals surface area contributed by atoms with Crippen LogP contribution in [-0.4, -0.2) is 47.5 Å². The highest BCUT2D eigenvalue weighted by Gasteiger charge is 2.30. The number of benzene rings is 1. The van der Waals surface area contributed by atoms with E-state index in [1.807, 2.05) is 6.92 Å². The number of hydrogen-bond acceptors (Lipinski definition) is 3. The van der Waals surface area contributed by atoms with Crippen molar-refractivity contribution in [1.82, 2.24) is 10.2 Å². The van der Waals surface area contributed by atoms with Crippen molar-refractivity contribution in [2.24, 2.45) is 5.92 Å². The molecule has 1 aliphatic rings. The van der Waals surface area contributed by atoms with Crippen molar-refractivity contribution in [1.29, 1.82) is 0 Å². The number of likely N-dealkylation sites (tertiary alicyclic amines) is 1. The quantitative estimate of drug-likeness (QED) is 0.754. The predicted octanol–water partition coefficient (Wildman–Crippen LogP) is 2.09. The van der Waals surface area contributed by atoms with Crippen molar-refractivity contribution in [3.63, 3.8) is 0 Å². The number of rotatable bonds is 5. The van der Waals surface area contributed by atoms with Gasteiger partial charge in [0.1, 0.15) is 0 Å². The zero-order valence-electron chi connectivity index (χ0n) is 13.3. The molecular weight excluding hydrogens is 334 g/mol. The van der Waals surface area contributed by atoms with E-state index in [1.54, 1.807) is 18.2 Å². The average Bonchev–Trinajstić information content (AvgIpc) is 3.02. The number of nitrogens with one attached hydrogen (secondary N) is 2. The summed E-state index contributed by atoms with van der Waals surface area (Å²) in [6.07, 6.45) is 0.575. The topological polar surface area (TPSA) is 98.7 Å². The summed E-state index contributed by atoms with van der Waals surface area (Å²) in [5, 5.41) is 14.9. The van der Waals surface area contributed by atoms with E-state index >= 15 is 0 Å². The van der Waals surface area contributed by atoms with Gasteiger partial charge in [0.05, 0.1) is 5.92 Å². The minimum atomic E-state index is -0.887. The van der Waals surface area contributed by atoms with Gasteiger partial charge in [-0.05, 0) is 31.0 Å². The van der Waals surface area contributed by atoms with Gasteiger partial charge in [-0.25, -0.2) is 4.79 Å². The molecule has 0 saturated carbocycles. The van der Waals surface area contributed by atoms with Gasteiger partial charge in [0, 0.05) is 36.8 Å². The van der Waals surface area contributed by atoms with E-state index in [0.717, 1.165) is 5.56 Å². The van der Waals surface area contributed by atoms with Crippen molar-refractivity contribution in [3.05, 3.63) is 28.8 Å². The lowest BCUT2D eigenvalue weighted by atomic mass is 10.1. The predicted molar refractivity (Wildman–Crippen MR) is 90.2 cm³/mol. The molecule has 0 radical (unpaired) electrons. The monoisotopic (exact) mass is 353 g/mol. The van der Waals surface area contributed by atoms with Crippen molar-refractivity contribution >= 4 is 35.2 Å². The summed E-state index contributed by atoms with van der Waals surface area (Å²) in [5.41, 5.74) is 1.43. The van der Waals surface area contributed by atoms with Crippen LogP contribution in [-0.2, 0) is 9.59 Å². The van der Waals surface area contributed by atoms with Crippen LogP contribution in [0.5, 0.6) is 0 Å². The number of hydrogen-bond donors (Lipinski definition) is 3. The molecule has 3 N–H and O–H groups in total. The Balaban J connectivity index is 1.74. The Morgan fingerprint density at radius 1 is 1.38 bits per heavy atom.